The Kier molecular flexibility index (Phi) is 2.31. The van der Waals surface area contributed by atoms with E-state index in [4.69, 9.17) is 0 Å². The van der Waals surface area contributed by atoms with Crippen molar-refractivity contribution in [1.29, 1.82) is 0 Å². The summed E-state index contributed by atoms with van der Waals surface area (Å²) in [6.45, 7) is 4.56. The van der Waals surface area contributed by atoms with Crippen molar-refractivity contribution in [3.8, 4) is 0 Å². The molecule has 0 saturated carbocycles. The number of allylic oxidation sites excluding steroid dienone is 4. The van der Waals surface area contributed by atoms with Gasteiger partial charge in [0.25, 0.3) is 0 Å². The fourth-order valence-electron chi connectivity index (χ4n) is 1.13. The van der Waals surface area contributed by atoms with E-state index < -0.39 is 0 Å². The van der Waals surface area contributed by atoms with Crippen molar-refractivity contribution < 1.29 is 0 Å². The predicted molar refractivity (Wildman–Crippen MR) is 50.1 cm³/mol. The lowest BCUT2D eigenvalue weighted by Gasteiger charge is -2.31. The molecular formula is C9H15P. The Labute approximate surface area is 65.6 Å². The van der Waals surface area contributed by atoms with Gasteiger partial charge in [-0.3, -0.25) is 0 Å². The Morgan fingerprint density at radius 2 is 2.20 bits per heavy atom. The van der Waals surface area contributed by atoms with Crippen LogP contribution in [0.2, 0.25) is 0 Å². The van der Waals surface area contributed by atoms with E-state index in [1.807, 2.05) is 0 Å². The van der Waals surface area contributed by atoms with Gasteiger partial charge >= 0.3 is 0 Å². The summed E-state index contributed by atoms with van der Waals surface area (Å²) in [6.07, 6.45) is 9.99. The number of rotatable bonds is 1. The van der Waals surface area contributed by atoms with E-state index in [1.165, 1.54) is 0 Å². The lowest BCUT2D eigenvalue weighted by atomic mass is 9.77. The molecular weight excluding hydrogens is 139 g/mol. The van der Waals surface area contributed by atoms with Crippen LogP contribution >= 0.6 is 9.24 Å². The minimum Gasteiger partial charge on any atom is -0.137 e. The van der Waals surface area contributed by atoms with Crippen molar-refractivity contribution in [2.45, 2.75) is 13.8 Å². The van der Waals surface area contributed by atoms with Gasteiger partial charge < -0.3 is 0 Å². The third-order valence-electron chi connectivity index (χ3n) is 2.47. The van der Waals surface area contributed by atoms with Gasteiger partial charge in [-0.05, 0) is 17.5 Å². The number of hydrogen-bond donors (Lipinski definition) is 0. The van der Waals surface area contributed by atoms with Crippen LogP contribution in [0.5, 0.6) is 0 Å². The Bertz CT molecular complexity index is 170. The molecule has 0 fully saturated rings. The summed E-state index contributed by atoms with van der Waals surface area (Å²) in [5, 5.41) is 0. The smallest absolute Gasteiger partial charge is 0.00488 e. The molecule has 1 heteroatoms. The molecule has 0 N–H and O–H groups in total. The SMILES string of the molecule is CC1C=CC=CC1(C)CP. The van der Waals surface area contributed by atoms with E-state index in [0.717, 1.165) is 6.16 Å². The van der Waals surface area contributed by atoms with Crippen molar-refractivity contribution in [2.75, 3.05) is 6.16 Å². The summed E-state index contributed by atoms with van der Waals surface area (Å²) in [5.74, 6) is 0.676. The fraction of sp³-hybridized carbons (Fsp3) is 0.556. The molecule has 1 rings (SSSR count). The van der Waals surface area contributed by atoms with Crippen LogP contribution in [0, 0.1) is 11.3 Å². The zero-order valence-corrected chi connectivity index (χ0v) is 7.83. The normalized spacial score (nSPS) is 38.5. The average molecular weight is 154 g/mol. The molecule has 3 atom stereocenters. The second-order valence-corrected chi connectivity index (χ2v) is 3.65. The van der Waals surface area contributed by atoms with Crippen LogP contribution < -0.4 is 0 Å². The van der Waals surface area contributed by atoms with Crippen molar-refractivity contribution in [3.05, 3.63) is 24.3 Å². The molecule has 0 radical (unpaired) electrons. The largest absolute Gasteiger partial charge is 0.137 e. The van der Waals surface area contributed by atoms with E-state index in [-0.39, 0.29) is 0 Å². The topological polar surface area (TPSA) is 0 Å². The molecule has 0 heterocycles. The molecule has 0 nitrogen and oxygen atoms in total. The van der Waals surface area contributed by atoms with E-state index in [2.05, 4.69) is 47.4 Å². The molecule has 1 aliphatic carbocycles. The minimum absolute atomic E-state index is 0.374. The lowest BCUT2D eigenvalue weighted by molar-refractivity contribution is 0.372. The molecule has 0 aliphatic heterocycles. The Morgan fingerprint density at radius 1 is 1.50 bits per heavy atom. The quantitative estimate of drug-likeness (QED) is 0.509. The molecule has 0 bridgehead atoms. The number of hydrogen-bond acceptors (Lipinski definition) is 0. The van der Waals surface area contributed by atoms with Gasteiger partial charge in [0.15, 0.2) is 0 Å². The highest BCUT2D eigenvalue weighted by atomic mass is 31.0. The van der Waals surface area contributed by atoms with Crippen molar-refractivity contribution in [2.24, 2.45) is 11.3 Å². The van der Waals surface area contributed by atoms with Crippen molar-refractivity contribution in [3.63, 3.8) is 0 Å². The van der Waals surface area contributed by atoms with Gasteiger partial charge in [-0.2, -0.15) is 0 Å². The van der Waals surface area contributed by atoms with Gasteiger partial charge in [0.2, 0.25) is 0 Å². The Morgan fingerprint density at radius 3 is 2.60 bits per heavy atom. The first-order chi connectivity index (χ1) is 4.69. The summed E-state index contributed by atoms with van der Waals surface area (Å²) in [6, 6.07) is 0. The maximum atomic E-state index is 2.82. The van der Waals surface area contributed by atoms with Crippen LogP contribution in [0.25, 0.3) is 0 Å². The zero-order valence-electron chi connectivity index (χ0n) is 6.67. The first kappa shape index (κ1) is 8.01. The highest BCUT2D eigenvalue weighted by Crippen LogP contribution is 2.34. The molecule has 0 amide bonds. The van der Waals surface area contributed by atoms with Gasteiger partial charge in [0, 0.05) is 0 Å². The summed E-state index contributed by atoms with van der Waals surface area (Å²) >= 11 is 0. The molecule has 10 heavy (non-hydrogen) atoms. The third kappa shape index (κ3) is 1.32. The van der Waals surface area contributed by atoms with Crippen LogP contribution in [0.15, 0.2) is 24.3 Å². The van der Waals surface area contributed by atoms with Gasteiger partial charge in [-0.25, -0.2) is 0 Å². The first-order valence-corrected chi connectivity index (χ1v) is 4.57. The maximum absolute atomic E-state index is 2.82. The zero-order chi connectivity index (χ0) is 7.61. The van der Waals surface area contributed by atoms with Crippen molar-refractivity contribution >= 4 is 9.24 Å². The highest BCUT2D eigenvalue weighted by molar-refractivity contribution is 7.16. The Hall–Kier alpha value is -0.0900. The molecule has 0 aromatic carbocycles. The molecule has 0 saturated heterocycles. The van der Waals surface area contributed by atoms with Gasteiger partial charge in [-0.15, -0.1) is 9.24 Å². The first-order valence-electron chi connectivity index (χ1n) is 3.75. The summed E-state index contributed by atoms with van der Waals surface area (Å²) in [7, 11) is 2.82. The maximum Gasteiger partial charge on any atom is -0.00488 e. The second-order valence-electron chi connectivity index (χ2n) is 3.24. The van der Waals surface area contributed by atoms with Crippen molar-refractivity contribution in [1.82, 2.24) is 0 Å². The van der Waals surface area contributed by atoms with Crippen LogP contribution in [-0.2, 0) is 0 Å². The average Bonchev–Trinajstić information content (AvgIpc) is 1.96. The standard InChI is InChI=1S/C9H15P/c1-8-5-3-4-6-9(8,2)7-10/h3-6,8H,7,10H2,1-2H3. The molecule has 0 aromatic heterocycles. The van der Waals surface area contributed by atoms with E-state index in [1.54, 1.807) is 0 Å². The van der Waals surface area contributed by atoms with Crippen LogP contribution in [0.3, 0.4) is 0 Å². The van der Waals surface area contributed by atoms with Gasteiger partial charge in [0.1, 0.15) is 0 Å². The fourth-order valence-corrected chi connectivity index (χ4v) is 1.64. The van der Waals surface area contributed by atoms with Crippen LogP contribution in [-0.4, -0.2) is 6.16 Å². The minimum atomic E-state index is 0.374. The van der Waals surface area contributed by atoms with E-state index in [9.17, 15) is 0 Å². The lowest BCUT2D eigenvalue weighted by Crippen LogP contribution is -2.24. The Balaban J connectivity index is 2.77. The van der Waals surface area contributed by atoms with Crippen LogP contribution in [0.4, 0.5) is 0 Å². The highest BCUT2D eigenvalue weighted by Gasteiger charge is 2.25. The summed E-state index contributed by atoms with van der Waals surface area (Å²) in [4.78, 5) is 0. The molecule has 0 aromatic rings. The molecule has 1 aliphatic rings. The van der Waals surface area contributed by atoms with Gasteiger partial charge in [-0.1, -0.05) is 38.2 Å². The predicted octanol–water partition coefficient (Wildman–Crippen LogP) is 2.63. The summed E-state index contributed by atoms with van der Waals surface area (Å²) < 4.78 is 0. The molecule has 0 spiro atoms. The summed E-state index contributed by atoms with van der Waals surface area (Å²) in [5.41, 5.74) is 0.374. The third-order valence-corrected chi connectivity index (χ3v) is 3.35. The molecule has 56 valence electrons. The van der Waals surface area contributed by atoms with Gasteiger partial charge in [0.05, 0.1) is 0 Å². The molecule has 3 unspecified atom stereocenters. The van der Waals surface area contributed by atoms with Crippen LogP contribution in [0.1, 0.15) is 13.8 Å². The monoisotopic (exact) mass is 154 g/mol. The second kappa shape index (κ2) is 2.88. The van der Waals surface area contributed by atoms with E-state index in [0.29, 0.717) is 11.3 Å². The van der Waals surface area contributed by atoms with E-state index >= 15 is 0 Å².